The Morgan fingerprint density at radius 2 is 1.95 bits per heavy atom. The van der Waals surface area contributed by atoms with E-state index in [1.165, 1.54) is 0 Å². The van der Waals surface area contributed by atoms with Crippen molar-refractivity contribution in [3.05, 3.63) is 35.1 Å². The monoisotopic (exact) mass is 307 g/mol. The third kappa shape index (κ3) is 4.70. The number of ether oxygens (including phenoxy) is 1. The van der Waals surface area contributed by atoms with E-state index < -0.39 is 29.6 Å². The Balaban J connectivity index is 3.22. The van der Waals surface area contributed by atoms with Gasteiger partial charge in [0.25, 0.3) is 0 Å². The van der Waals surface area contributed by atoms with E-state index in [4.69, 9.17) is 4.74 Å². The average Bonchev–Trinajstić information content (AvgIpc) is 2.35. The predicted octanol–water partition coefficient (Wildman–Crippen LogP) is 3.45. The van der Waals surface area contributed by atoms with Crippen LogP contribution in [0.4, 0.5) is 17.6 Å². The summed E-state index contributed by atoms with van der Waals surface area (Å²) in [5, 5.41) is 2.81. The third-order valence-electron chi connectivity index (χ3n) is 2.65. The van der Waals surface area contributed by atoms with Crippen molar-refractivity contribution in [2.45, 2.75) is 39.0 Å². The molecule has 0 saturated carbocycles. The highest BCUT2D eigenvalue weighted by Gasteiger charge is 2.35. The number of benzene rings is 1. The molecule has 0 amide bonds. The molecule has 0 aliphatic rings. The van der Waals surface area contributed by atoms with Crippen LogP contribution in [0.2, 0.25) is 0 Å². The van der Waals surface area contributed by atoms with E-state index in [-0.39, 0.29) is 18.2 Å². The number of carbonyl (C=O) groups excluding carboxylic acids is 1. The summed E-state index contributed by atoms with van der Waals surface area (Å²) >= 11 is 0. The van der Waals surface area contributed by atoms with Gasteiger partial charge in [-0.1, -0.05) is 6.07 Å². The zero-order chi connectivity index (χ0) is 16.2. The molecule has 1 aromatic carbocycles. The Bertz CT molecular complexity index is 500. The maximum absolute atomic E-state index is 13.3. The van der Waals surface area contributed by atoms with Crippen molar-refractivity contribution in [2.75, 3.05) is 6.61 Å². The highest BCUT2D eigenvalue weighted by atomic mass is 19.4. The van der Waals surface area contributed by atoms with Gasteiger partial charge in [0.15, 0.2) is 0 Å². The van der Waals surface area contributed by atoms with Gasteiger partial charge in [0.05, 0.1) is 12.2 Å². The van der Waals surface area contributed by atoms with E-state index in [1.807, 2.05) is 0 Å². The Labute approximate surface area is 120 Å². The summed E-state index contributed by atoms with van der Waals surface area (Å²) in [5.41, 5.74) is -1.39. The van der Waals surface area contributed by atoms with E-state index in [0.717, 1.165) is 6.07 Å². The van der Waals surface area contributed by atoms with E-state index in [0.29, 0.717) is 12.1 Å². The molecule has 118 valence electrons. The van der Waals surface area contributed by atoms with Crippen LogP contribution in [0, 0.1) is 5.82 Å². The van der Waals surface area contributed by atoms with Crippen LogP contribution in [0.1, 0.15) is 37.9 Å². The zero-order valence-electron chi connectivity index (χ0n) is 11.9. The van der Waals surface area contributed by atoms with Crippen molar-refractivity contribution >= 4 is 5.97 Å². The summed E-state index contributed by atoms with van der Waals surface area (Å²) in [6, 6.07) is 1.23. The van der Waals surface area contributed by atoms with Crippen molar-refractivity contribution in [3.8, 4) is 0 Å². The van der Waals surface area contributed by atoms with Gasteiger partial charge in [-0.2, -0.15) is 13.2 Å². The molecule has 0 fully saturated rings. The lowest BCUT2D eigenvalue weighted by atomic mass is 10.0. The minimum absolute atomic E-state index is 0.0101. The molecule has 1 rings (SSSR count). The maximum Gasteiger partial charge on any atom is 0.419 e. The summed E-state index contributed by atoms with van der Waals surface area (Å²) in [4.78, 5) is 11.9. The summed E-state index contributed by atoms with van der Waals surface area (Å²) < 4.78 is 56.3. The first-order chi connectivity index (χ1) is 9.66. The van der Waals surface area contributed by atoms with Crippen LogP contribution in [0.15, 0.2) is 18.2 Å². The van der Waals surface area contributed by atoms with Gasteiger partial charge in [0, 0.05) is 6.04 Å². The van der Waals surface area contributed by atoms with Gasteiger partial charge in [-0.25, -0.2) is 9.18 Å². The zero-order valence-corrected chi connectivity index (χ0v) is 11.9. The molecule has 21 heavy (non-hydrogen) atoms. The Morgan fingerprint density at radius 3 is 2.43 bits per heavy atom. The van der Waals surface area contributed by atoms with E-state index in [9.17, 15) is 22.4 Å². The first kappa shape index (κ1) is 17.4. The molecule has 1 aromatic rings. The molecule has 7 heteroatoms. The average molecular weight is 307 g/mol. The van der Waals surface area contributed by atoms with Crippen LogP contribution < -0.4 is 5.32 Å². The molecule has 0 aliphatic heterocycles. The van der Waals surface area contributed by atoms with E-state index >= 15 is 0 Å². The third-order valence-corrected chi connectivity index (χ3v) is 2.65. The molecule has 0 bridgehead atoms. The van der Waals surface area contributed by atoms with Gasteiger partial charge in [-0.05, 0) is 38.5 Å². The number of halogens is 4. The Morgan fingerprint density at radius 1 is 1.33 bits per heavy atom. The molecule has 1 unspecified atom stereocenters. The van der Waals surface area contributed by atoms with Crippen LogP contribution in [-0.4, -0.2) is 18.6 Å². The lowest BCUT2D eigenvalue weighted by molar-refractivity contribution is -0.146. The topological polar surface area (TPSA) is 38.3 Å². The first-order valence-corrected chi connectivity index (χ1v) is 6.46. The van der Waals surface area contributed by atoms with Gasteiger partial charge in [0.1, 0.15) is 11.9 Å². The van der Waals surface area contributed by atoms with Gasteiger partial charge in [-0.15, -0.1) is 0 Å². The largest absolute Gasteiger partial charge is 0.465 e. The number of rotatable bonds is 5. The molecular weight excluding hydrogens is 290 g/mol. The second-order valence-corrected chi connectivity index (χ2v) is 4.74. The second-order valence-electron chi connectivity index (χ2n) is 4.74. The van der Waals surface area contributed by atoms with Crippen molar-refractivity contribution in [3.63, 3.8) is 0 Å². The predicted molar refractivity (Wildman–Crippen MR) is 69.0 cm³/mol. The van der Waals surface area contributed by atoms with Gasteiger partial charge < -0.3 is 4.74 Å². The van der Waals surface area contributed by atoms with E-state index in [1.54, 1.807) is 20.8 Å². The SMILES string of the molecule is CCOC(=O)C(NC(C)C)c1ccc(F)c(C(F)(F)F)c1. The molecule has 1 atom stereocenters. The fourth-order valence-corrected chi connectivity index (χ4v) is 1.80. The quantitative estimate of drug-likeness (QED) is 0.669. The van der Waals surface area contributed by atoms with Crippen molar-refractivity contribution in [2.24, 2.45) is 0 Å². The van der Waals surface area contributed by atoms with Crippen molar-refractivity contribution < 1.29 is 27.1 Å². The van der Waals surface area contributed by atoms with Crippen LogP contribution in [0.5, 0.6) is 0 Å². The lowest BCUT2D eigenvalue weighted by Gasteiger charge is -2.21. The molecule has 0 saturated heterocycles. The van der Waals surface area contributed by atoms with Crippen molar-refractivity contribution in [1.82, 2.24) is 5.32 Å². The van der Waals surface area contributed by atoms with Gasteiger partial charge in [0.2, 0.25) is 0 Å². The van der Waals surface area contributed by atoms with Crippen LogP contribution in [0.3, 0.4) is 0 Å². The highest BCUT2D eigenvalue weighted by molar-refractivity contribution is 5.77. The minimum Gasteiger partial charge on any atom is -0.465 e. The highest BCUT2D eigenvalue weighted by Crippen LogP contribution is 2.33. The van der Waals surface area contributed by atoms with Crippen molar-refractivity contribution in [1.29, 1.82) is 0 Å². The first-order valence-electron chi connectivity index (χ1n) is 6.46. The summed E-state index contributed by atoms with van der Waals surface area (Å²) in [6.45, 7) is 5.17. The normalized spacial score (nSPS) is 13.3. The molecule has 0 aromatic heterocycles. The van der Waals surface area contributed by atoms with Crippen LogP contribution in [-0.2, 0) is 15.7 Å². The van der Waals surface area contributed by atoms with Gasteiger partial charge in [-0.3, -0.25) is 5.32 Å². The van der Waals surface area contributed by atoms with Crippen LogP contribution in [0.25, 0.3) is 0 Å². The Kier molecular flexibility index (Phi) is 5.71. The molecule has 0 heterocycles. The number of esters is 1. The molecule has 3 nitrogen and oxygen atoms in total. The molecule has 0 radical (unpaired) electrons. The number of hydrogen-bond acceptors (Lipinski definition) is 3. The number of alkyl halides is 3. The smallest absolute Gasteiger partial charge is 0.419 e. The number of carbonyl (C=O) groups is 1. The molecule has 0 aliphatic carbocycles. The Hall–Kier alpha value is -1.63. The van der Waals surface area contributed by atoms with Crippen LogP contribution >= 0.6 is 0 Å². The maximum atomic E-state index is 13.3. The number of hydrogen-bond donors (Lipinski definition) is 1. The second kappa shape index (κ2) is 6.89. The molecular formula is C14H17F4NO2. The fourth-order valence-electron chi connectivity index (χ4n) is 1.80. The fraction of sp³-hybridized carbons (Fsp3) is 0.500. The summed E-state index contributed by atoms with van der Waals surface area (Å²) in [5.74, 6) is -2.08. The minimum atomic E-state index is -4.82. The summed E-state index contributed by atoms with van der Waals surface area (Å²) in [7, 11) is 0. The number of nitrogens with one attached hydrogen (secondary N) is 1. The molecule has 1 N–H and O–H groups in total. The standard InChI is InChI=1S/C14H17F4NO2/c1-4-21-13(20)12(19-8(2)3)9-5-6-11(15)10(7-9)14(16,17)18/h5-8,12,19H,4H2,1-3H3. The lowest BCUT2D eigenvalue weighted by Crippen LogP contribution is -2.35. The summed E-state index contributed by atoms with van der Waals surface area (Å²) in [6.07, 6.45) is -4.82. The van der Waals surface area contributed by atoms with E-state index in [2.05, 4.69) is 5.32 Å². The molecule has 0 spiro atoms. The van der Waals surface area contributed by atoms with Gasteiger partial charge >= 0.3 is 12.1 Å².